The lowest BCUT2D eigenvalue weighted by molar-refractivity contribution is -0.142. The van der Waals surface area contributed by atoms with E-state index in [1.807, 2.05) is 0 Å². The summed E-state index contributed by atoms with van der Waals surface area (Å²) in [5, 5.41) is 0. The Balaban J connectivity index is 2.13. The molecule has 0 aromatic heterocycles. The predicted molar refractivity (Wildman–Crippen MR) is 51.7 cm³/mol. The third-order valence-corrected chi connectivity index (χ3v) is 1.98. The van der Waals surface area contributed by atoms with Crippen LogP contribution in [0.2, 0.25) is 0 Å². The minimum atomic E-state index is -0.315. The van der Waals surface area contributed by atoms with Crippen LogP contribution in [0.3, 0.4) is 0 Å². The number of carbonyl (C=O) groups excluding carboxylic acids is 3. The van der Waals surface area contributed by atoms with Gasteiger partial charge in [-0.25, -0.2) is 0 Å². The summed E-state index contributed by atoms with van der Waals surface area (Å²) in [6.07, 6.45) is 3.81. The topological polar surface area (TPSA) is 63.7 Å². The van der Waals surface area contributed by atoms with Crippen molar-refractivity contribution >= 4 is 17.8 Å². The molecule has 0 unspecified atom stereocenters. The summed E-state index contributed by atoms with van der Waals surface area (Å²) < 4.78 is 4.72. The number of carbonyl (C=O) groups is 3. The molecule has 5 nitrogen and oxygen atoms in total. The SMILES string of the molecule is CC(=O)OCCCCN1C(=O)C=CC1=O. The average molecular weight is 211 g/mol. The number of nitrogens with zero attached hydrogens (tertiary/aromatic N) is 1. The number of imide groups is 1. The van der Waals surface area contributed by atoms with Crippen LogP contribution in [-0.2, 0) is 19.1 Å². The molecular weight excluding hydrogens is 198 g/mol. The van der Waals surface area contributed by atoms with Gasteiger partial charge in [-0.15, -0.1) is 0 Å². The molecule has 0 spiro atoms. The first kappa shape index (κ1) is 11.4. The van der Waals surface area contributed by atoms with E-state index in [4.69, 9.17) is 4.74 Å². The Kier molecular flexibility index (Phi) is 4.03. The maximum atomic E-state index is 11.1. The van der Waals surface area contributed by atoms with Gasteiger partial charge in [0.05, 0.1) is 6.61 Å². The summed E-state index contributed by atoms with van der Waals surface area (Å²) in [4.78, 5) is 33.8. The summed E-state index contributed by atoms with van der Waals surface area (Å²) in [5.41, 5.74) is 0. The Morgan fingerprint density at radius 1 is 1.27 bits per heavy atom. The molecule has 82 valence electrons. The van der Waals surface area contributed by atoms with Crippen LogP contribution in [0.15, 0.2) is 12.2 Å². The Hall–Kier alpha value is -1.65. The molecular formula is C10H13NO4. The fourth-order valence-electron chi connectivity index (χ4n) is 1.24. The number of unbranched alkanes of at least 4 members (excludes halogenated alkanes) is 1. The van der Waals surface area contributed by atoms with Crippen molar-refractivity contribution in [1.82, 2.24) is 4.90 Å². The van der Waals surface area contributed by atoms with Crippen LogP contribution in [0.4, 0.5) is 0 Å². The standard InChI is InChI=1S/C10H13NO4/c1-8(12)15-7-3-2-6-11-9(13)4-5-10(11)14/h4-5H,2-3,6-7H2,1H3. The number of ether oxygens (including phenoxy) is 1. The molecule has 0 bridgehead atoms. The fraction of sp³-hybridized carbons (Fsp3) is 0.500. The molecule has 0 aromatic rings. The summed E-state index contributed by atoms with van der Waals surface area (Å²) in [6.45, 7) is 2.06. The number of hydrogen-bond donors (Lipinski definition) is 0. The quantitative estimate of drug-likeness (QED) is 0.371. The van der Waals surface area contributed by atoms with Gasteiger partial charge < -0.3 is 4.74 Å². The second kappa shape index (κ2) is 5.29. The van der Waals surface area contributed by atoms with Gasteiger partial charge in [0.15, 0.2) is 0 Å². The normalized spacial score (nSPS) is 14.9. The largest absolute Gasteiger partial charge is 0.466 e. The number of rotatable bonds is 5. The zero-order valence-corrected chi connectivity index (χ0v) is 8.56. The van der Waals surface area contributed by atoms with Crippen LogP contribution in [-0.4, -0.2) is 35.8 Å². The zero-order valence-electron chi connectivity index (χ0n) is 8.56. The fourth-order valence-corrected chi connectivity index (χ4v) is 1.24. The predicted octanol–water partition coefficient (Wildman–Crippen LogP) is 0.255. The first-order valence-corrected chi connectivity index (χ1v) is 4.78. The van der Waals surface area contributed by atoms with E-state index in [-0.39, 0.29) is 17.8 Å². The molecule has 1 rings (SSSR count). The van der Waals surface area contributed by atoms with E-state index in [0.717, 1.165) is 0 Å². The van der Waals surface area contributed by atoms with Crippen molar-refractivity contribution in [3.8, 4) is 0 Å². The number of hydrogen-bond acceptors (Lipinski definition) is 4. The van der Waals surface area contributed by atoms with Crippen LogP contribution in [0.25, 0.3) is 0 Å². The molecule has 1 aliphatic heterocycles. The Morgan fingerprint density at radius 2 is 1.87 bits per heavy atom. The smallest absolute Gasteiger partial charge is 0.302 e. The van der Waals surface area contributed by atoms with Crippen molar-refractivity contribution in [1.29, 1.82) is 0 Å². The van der Waals surface area contributed by atoms with Gasteiger partial charge in [0.25, 0.3) is 11.8 Å². The minimum Gasteiger partial charge on any atom is -0.466 e. The second-order valence-electron chi connectivity index (χ2n) is 3.21. The van der Waals surface area contributed by atoms with Gasteiger partial charge in [-0.3, -0.25) is 19.3 Å². The molecule has 0 saturated carbocycles. The van der Waals surface area contributed by atoms with Crippen LogP contribution in [0.1, 0.15) is 19.8 Å². The van der Waals surface area contributed by atoms with E-state index < -0.39 is 0 Å². The molecule has 1 aliphatic rings. The highest BCUT2D eigenvalue weighted by Gasteiger charge is 2.22. The van der Waals surface area contributed by atoms with E-state index in [1.165, 1.54) is 24.0 Å². The minimum absolute atomic E-state index is 0.271. The van der Waals surface area contributed by atoms with Crippen molar-refractivity contribution in [2.45, 2.75) is 19.8 Å². The van der Waals surface area contributed by atoms with Crippen LogP contribution < -0.4 is 0 Å². The molecule has 1 heterocycles. The van der Waals surface area contributed by atoms with Gasteiger partial charge in [0.2, 0.25) is 0 Å². The van der Waals surface area contributed by atoms with Gasteiger partial charge >= 0.3 is 5.97 Å². The van der Waals surface area contributed by atoms with Crippen molar-refractivity contribution in [3.63, 3.8) is 0 Å². The van der Waals surface area contributed by atoms with Gasteiger partial charge in [-0.05, 0) is 12.8 Å². The van der Waals surface area contributed by atoms with Gasteiger partial charge in [0, 0.05) is 25.6 Å². The lowest BCUT2D eigenvalue weighted by atomic mass is 10.3. The molecule has 0 atom stereocenters. The molecule has 2 amide bonds. The summed E-state index contributed by atoms with van der Waals surface area (Å²) in [7, 11) is 0. The van der Waals surface area contributed by atoms with Gasteiger partial charge in [-0.2, -0.15) is 0 Å². The maximum absolute atomic E-state index is 11.1. The van der Waals surface area contributed by atoms with Crippen molar-refractivity contribution in [3.05, 3.63) is 12.2 Å². The molecule has 0 N–H and O–H groups in total. The molecule has 0 saturated heterocycles. The Bertz CT molecular complexity index is 291. The number of amides is 2. The Morgan fingerprint density at radius 3 is 2.40 bits per heavy atom. The first-order valence-electron chi connectivity index (χ1n) is 4.78. The lowest BCUT2D eigenvalue weighted by Gasteiger charge is -2.12. The van der Waals surface area contributed by atoms with E-state index in [2.05, 4.69) is 0 Å². The van der Waals surface area contributed by atoms with Gasteiger partial charge in [0.1, 0.15) is 0 Å². The van der Waals surface area contributed by atoms with Crippen LogP contribution >= 0.6 is 0 Å². The summed E-state index contributed by atoms with van der Waals surface area (Å²) in [5.74, 6) is -0.857. The maximum Gasteiger partial charge on any atom is 0.302 e. The summed E-state index contributed by atoms with van der Waals surface area (Å²) >= 11 is 0. The lowest BCUT2D eigenvalue weighted by Crippen LogP contribution is -2.31. The monoisotopic (exact) mass is 211 g/mol. The third kappa shape index (κ3) is 3.53. The zero-order chi connectivity index (χ0) is 11.3. The highest BCUT2D eigenvalue weighted by Crippen LogP contribution is 2.05. The van der Waals surface area contributed by atoms with Crippen LogP contribution in [0.5, 0.6) is 0 Å². The van der Waals surface area contributed by atoms with Crippen molar-refractivity contribution < 1.29 is 19.1 Å². The molecule has 0 aromatic carbocycles. The van der Waals surface area contributed by atoms with Crippen molar-refractivity contribution in [2.24, 2.45) is 0 Å². The highest BCUT2D eigenvalue weighted by atomic mass is 16.5. The third-order valence-electron chi connectivity index (χ3n) is 1.98. The van der Waals surface area contributed by atoms with Crippen LogP contribution in [0, 0.1) is 0 Å². The molecule has 15 heavy (non-hydrogen) atoms. The van der Waals surface area contributed by atoms with E-state index in [0.29, 0.717) is 26.0 Å². The molecule has 0 aliphatic carbocycles. The highest BCUT2D eigenvalue weighted by molar-refractivity contribution is 6.12. The second-order valence-corrected chi connectivity index (χ2v) is 3.21. The molecule has 0 radical (unpaired) electrons. The van der Waals surface area contributed by atoms with E-state index in [9.17, 15) is 14.4 Å². The molecule has 5 heteroatoms. The van der Waals surface area contributed by atoms with E-state index >= 15 is 0 Å². The number of esters is 1. The van der Waals surface area contributed by atoms with Crippen molar-refractivity contribution in [2.75, 3.05) is 13.2 Å². The average Bonchev–Trinajstić information content (AvgIpc) is 2.47. The van der Waals surface area contributed by atoms with Gasteiger partial charge in [-0.1, -0.05) is 0 Å². The van der Waals surface area contributed by atoms with E-state index in [1.54, 1.807) is 0 Å². The molecule has 0 fully saturated rings. The Labute approximate surface area is 87.7 Å². The first-order chi connectivity index (χ1) is 7.11. The summed E-state index contributed by atoms with van der Waals surface area (Å²) in [6, 6.07) is 0.